The van der Waals surface area contributed by atoms with E-state index in [0.29, 0.717) is 0 Å². The zero-order valence-electron chi connectivity index (χ0n) is 10.0. The molecule has 1 atom stereocenters. The molecule has 0 spiro atoms. The molecule has 1 aliphatic heterocycles. The average Bonchev–Trinajstić information content (AvgIpc) is 2.30. The lowest BCUT2D eigenvalue weighted by molar-refractivity contribution is 0.131. The van der Waals surface area contributed by atoms with Gasteiger partial charge in [-0.05, 0) is 31.9 Å². The molecule has 0 aliphatic carbocycles. The molecule has 0 aromatic heterocycles. The SMILES string of the molecule is CC(NN1CCCCC1)c1c(F)cccc1F. The van der Waals surface area contributed by atoms with Gasteiger partial charge in [0.2, 0.25) is 0 Å². The van der Waals surface area contributed by atoms with Gasteiger partial charge in [-0.2, -0.15) is 0 Å². The van der Waals surface area contributed by atoms with Crippen LogP contribution in [-0.4, -0.2) is 18.1 Å². The van der Waals surface area contributed by atoms with Crippen LogP contribution < -0.4 is 5.43 Å². The molecule has 2 rings (SSSR count). The number of hydrogen-bond acceptors (Lipinski definition) is 2. The Kier molecular flexibility index (Phi) is 4.07. The van der Waals surface area contributed by atoms with Crippen LogP contribution in [0.25, 0.3) is 0 Å². The summed E-state index contributed by atoms with van der Waals surface area (Å²) < 4.78 is 27.1. The average molecular weight is 240 g/mol. The van der Waals surface area contributed by atoms with Crippen LogP contribution in [0.5, 0.6) is 0 Å². The largest absolute Gasteiger partial charge is 0.248 e. The van der Waals surface area contributed by atoms with Crippen LogP contribution in [0.2, 0.25) is 0 Å². The minimum absolute atomic E-state index is 0.123. The first-order valence-electron chi connectivity index (χ1n) is 6.13. The summed E-state index contributed by atoms with van der Waals surface area (Å²) in [6, 6.07) is 3.65. The lowest BCUT2D eigenvalue weighted by atomic mass is 10.1. The summed E-state index contributed by atoms with van der Waals surface area (Å²) >= 11 is 0. The molecule has 1 heterocycles. The highest BCUT2D eigenvalue weighted by atomic mass is 19.1. The van der Waals surface area contributed by atoms with Gasteiger partial charge in [0.05, 0.1) is 0 Å². The summed E-state index contributed by atoms with van der Waals surface area (Å²) in [6.07, 6.45) is 3.51. The van der Waals surface area contributed by atoms with Crippen LogP contribution in [0.3, 0.4) is 0 Å². The fourth-order valence-electron chi connectivity index (χ4n) is 2.29. The Labute approximate surface area is 101 Å². The van der Waals surface area contributed by atoms with Gasteiger partial charge in [0.1, 0.15) is 11.6 Å². The molecule has 1 unspecified atom stereocenters. The summed E-state index contributed by atoms with van der Waals surface area (Å²) in [5.74, 6) is -0.969. The molecule has 1 N–H and O–H groups in total. The third kappa shape index (κ3) is 3.01. The van der Waals surface area contributed by atoms with E-state index in [4.69, 9.17) is 0 Å². The fraction of sp³-hybridized carbons (Fsp3) is 0.538. The highest BCUT2D eigenvalue weighted by Gasteiger charge is 2.19. The topological polar surface area (TPSA) is 15.3 Å². The smallest absolute Gasteiger partial charge is 0.130 e. The quantitative estimate of drug-likeness (QED) is 0.873. The van der Waals surface area contributed by atoms with Crippen LogP contribution in [0.1, 0.15) is 37.8 Å². The van der Waals surface area contributed by atoms with E-state index in [1.807, 2.05) is 0 Å². The first kappa shape index (κ1) is 12.5. The number of benzene rings is 1. The zero-order valence-corrected chi connectivity index (χ0v) is 10.0. The molecule has 2 nitrogen and oxygen atoms in total. The van der Waals surface area contributed by atoms with Gasteiger partial charge < -0.3 is 0 Å². The zero-order chi connectivity index (χ0) is 12.3. The van der Waals surface area contributed by atoms with Crippen molar-refractivity contribution in [1.82, 2.24) is 10.4 Å². The van der Waals surface area contributed by atoms with Crippen molar-refractivity contribution in [1.29, 1.82) is 0 Å². The Morgan fingerprint density at radius 3 is 2.29 bits per heavy atom. The van der Waals surface area contributed by atoms with Gasteiger partial charge in [-0.15, -0.1) is 0 Å². The van der Waals surface area contributed by atoms with E-state index in [1.165, 1.54) is 24.6 Å². The van der Waals surface area contributed by atoms with Crippen LogP contribution in [-0.2, 0) is 0 Å². The van der Waals surface area contributed by atoms with Crippen LogP contribution in [0.4, 0.5) is 8.78 Å². The van der Waals surface area contributed by atoms with E-state index in [0.717, 1.165) is 25.9 Å². The Morgan fingerprint density at radius 2 is 1.71 bits per heavy atom. The minimum atomic E-state index is -0.484. The van der Waals surface area contributed by atoms with E-state index < -0.39 is 11.6 Å². The maximum atomic E-state index is 13.6. The van der Waals surface area contributed by atoms with Gasteiger partial charge >= 0.3 is 0 Å². The van der Waals surface area contributed by atoms with Crippen molar-refractivity contribution in [3.05, 3.63) is 35.4 Å². The molecule has 0 saturated carbocycles. The van der Waals surface area contributed by atoms with E-state index in [1.54, 1.807) is 6.92 Å². The number of halogens is 2. The first-order valence-corrected chi connectivity index (χ1v) is 6.13. The normalized spacial score (nSPS) is 19.2. The Balaban J connectivity index is 2.05. The van der Waals surface area contributed by atoms with Gasteiger partial charge in [0, 0.05) is 24.7 Å². The van der Waals surface area contributed by atoms with E-state index >= 15 is 0 Å². The number of nitrogens with zero attached hydrogens (tertiary/aromatic N) is 1. The molecule has 1 aliphatic rings. The lowest BCUT2D eigenvalue weighted by Gasteiger charge is -2.30. The minimum Gasteiger partial charge on any atom is -0.248 e. The second kappa shape index (κ2) is 5.56. The van der Waals surface area contributed by atoms with Crippen molar-refractivity contribution in [2.45, 2.75) is 32.2 Å². The highest BCUT2D eigenvalue weighted by Crippen LogP contribution is 2.21. The monoisotopic (exact) mass is 240 g/mol. The second-order valence-electron chi connectivity index (χ2n) is 4.53. The third-order valence-electron chi connectivity index (χ3n) is 3.17. The molecule has 1 fully saturated rings. The Morgan fingerprint density at radius 1 is 1.12 bits per heavy atom. The number of piperidine rings is 1. The molecule has 1 aromatic rings. The van der Waals surface area contributed by atoms with Crippen LogP contribution in [0.15, 0.2) is 18.2 Å². The van der Waals surface area contributed by atoms with Gasteiger partial charge in [-0.25, -0.2) is 19.2 Å². The van der Waals surface area contributed by atoms with Crippen molar-refractivity contribution < 1.29 is 8.78 Å². The van der Waals surface area contributed by atoms with E-state index in [-0.39, 0.29) is 11.6 Å². The molecule has 17 heavy (non-hydrogen) atoms. The summed E-state index contributed by atoms with van der Waals surface area (Å²) in [5.41, 5.74) is 3.29. The van der Waals surface area contributed by atoms with Gasteiger partial charge in [-0.1, -0.05) is 12.5 Å². The predicted molar refractivity (Wildman–Crippen MR) is 63.3 cm³/mol. The molecular weight excluding hydrogens is 222 g/mol. The number of hydrazine groups is 1. The van der Waals surface area contributed by atoms with E-state index in [2.05, 4.69) is 10.4 Å². The van der Waals surface area contributed by atoms with Gasteiger partial charge in [-0.3, -0.25) is 0 Å². The molecular formula is C13H18F2N2. The fourth-order valence-corrected chi connectivity index (χ4v) is 2.29. The molecule has 0 bridgehead atoms. The summed E-state index contributed by atoms with van der Waals surface area (Å²) in [5, 5.41) is 2.06. The predicted octanol–water partition coefficient (Wildman–Crippen LogP) is 3.02. The number of hydrogen-bond donors (Lipinski definition) is 1. The molecule has 0 radical (unpaired) electrons. The lowest BCUT2D eigenvalue weighted by Crippen LogP contribution is -2.43. The molecule has 4 heteroatoms. The maximum absolute atomic E-state index is 13.6. The second-order valence-corrected chi connectivity index (χ2v) is 4.53. The van der Waals surface area contributed by atoms with Crippen molar-refractivity contribution in [2.24, 2.45) is 0 Å². The van der Waals surface area contributed by atoms with Crippen LogP contribution >= 0.6 is 0 Å². The van der Waals surface area contributed by atoms with Gasteiger partial charge in [0.25, 0.3) is 0 Å². The molecule has 94 valence electrons. The maximum Gasteiger partial charge on any atom is 0.130 e. The Bertz CT molecular complexity index is 355. The van der Waals surface area contributed by atoms with Crippen molar-refractivity contribution in [3.63, 3.8) is 0 Å². The molecule has 1 aromatic carbocycles. The summed E-state index contributed by atoms with van der Waals surface area (Å²) in [7, 11) is 0. The van der Waals surface area contributed by atoms with Crippen LogP contribution in [0, 0.1) is 11.6 Å². The summed E-state index contributed by atoms with van der Waals surface area (Å²) in [6.45, 7) is 3.68. The highest BCUT2D eigenvalue weighted by molar-refractivity contribution is 5.22. The van der Waals surface area contributed by atoms with Crippen molar-refractivity contribution in [3.8, 4) is 0 Å². The third-order valence-corrected chi connectivity index (χ3v) is 3.17. The first-order chi connectivity index (χ1) is 8.18. The van der Waals surface area contributed by atoms with Crippen molar-refractivity contribution >= 4 is 0 Å². The Hall–Kier alpha value is -1.00. The number of rotatable bonds is 3. The standard InChI is InChI=1S/C13H18F2N2/c1-10(16-17-8-3-2-4-9-17)13-11(14)6-5-7-12(13)15/h5-7,10,16H,2-4,8-9H2,1H3. The van der Waals surface area contributed by atoms with Gasteiger partial charge in [0.15, 0.2) is 0 Å². The molecule has 0 amide bonds. The van der Waals surface area contributed by atoms with E-state index in [9.17, 15) is 8.78 Å². The summed E-state index contributed by atoms with van der Waals surface area (Å²) in [4.78, 5) is 0. The number of nitrogens with one attached hydrogen (secondary N) is 1. The van der Waals surface area contributed by atoms with Crippen molar-refractivity contribution in [2.75, 3.05) is 13.1 Å². The molecule has 1 saturated heterocycles.